The summed E-state index contributed by atoms with van der Waals surface area (Å²) in [5.74, 6) is 1.94. The Labute approximate surface area is 107 Å². The van der Waals surface area contributed by atoms with E-state index in [2.05, 4.69) is 26.7 Å². The molecule has 0 aliphatic carbocycles. The van der Waals surface area contributed by atoms with Crippen LogP contribution in [0.25, 0.3) is 0 Å². The van der Waals surface area contributed by atoms with Crippen LogP contribution < -0.4 is 0 Å². The number of imidazole rings is 1. The minimum atomic E-state index is 0.834. The van der Waals surface area contributed by atoms with Crippen molar-refractivity contribution in [1.82, 2.24) is 19.6 Å². The predicted octanol–water partition coefficient (Wildman–Crippen LogP) is 2.01. The van der Waals surface area contributed by atoms with Crippen molar-refractivity contribution in [3.05, 3.63) is 35.7 Å². The molecule has 18 heavy (non-hydrogen) atoms. The lowest BCUT2D eigenvalue weighted by Gasteiger charge is -2.15. The predicted molar refractivity (Wildman–Crippen MR) is 69.2 cm³/mol. The zero-order valence-electron chi connectivity index (χ0n) is 11.3. The molecule has 0 atom stereocenters. The van der Waals surface area contributed by atoms with E-state index in [1.165, 1.54) is 0 Å². The first-order valence-electron chi connectivity index (χ1n) is 6.23. The maximum absolute atomic E-state index is 5.06. The lowest BCUT2D eigenvalue weighted by molar-refractivity contribution is 0.299. The molecule has 2 aromatic rings. The normalized spacial score (nSPS) is 11.3. The van der Waals surface area contributed by atoms with Gasteiger partial charge in [-0.2, -0.15) is 0 Å². The number of rotatable bonds is 6. The summed E-state index contributed by atoms with van der Waals surface area (Å²) in [6.45, 7) is 6.82. The zero-order chi connectivity index (χ0) is 13.0. The van der Waals surface area contributed by atoms with E-state index >= 15 is 0 Å². The second-order valence-electron chi connectivity index (χ2n) is 4.69. The van der Waals surface area contributed by atoms with E-state index in [9.17, 15) is 0 Å². The van der Waals surface area contributed by atoms with Crippen LogP contribution in [0.1, 0.15) is 23.7 Å². The topological polar surface area (TPSA) is 47.1 Å². The van der Waals surface area contributed by atoms with Crippen LogP contribution in [0.4, 0.5) is 0 Å². The number of hydrogen-bond donors (Lipinski definition) is 0. The summed E-state index contributed by atoms with van der Waals surface area (Å²) < 4.78 is 7.23. The second-order valence-corrected chi connectivity index (χ2v) is 4.69. The van der Waals surface area contributed by atoms with Crippen LogP contribution in [-0.2, 0) is 13.1 Å². The summed E-state index contributed by atoms with van der Waals surface area (Å²) >= 11 is 0. The maximum atomic E-state index is 5.06. The van der Waals surface area contributed by atoms with Crippen molar-refractivity contribution >= 4 is 0 Å². The van der Waals surface area contributed by atoms with Gasteiger partial charge in [-0.05, 0) is 33.9 Å². The van der Waals surface area contributed by atoms with Crippen molar-refractivity contribution in [3.63, 3.8) is 0 Å². The smallest absolute Gasteiger partial charge is 0.133 e. The van der Waals surface area contributed by atoms with Gasteiger partial charge in [0.15, 0.2) is 0 Å². The van der Waals surface area contributed by atoms with Crippen molar-refractivity contribution in [2.45, 2.75) is 33.4 Å². The van der Waals surface area contributed by atoms with E-state index in [4.69, 9.17) is 4.52 Å². The lowest BCUT2D eigenvalue weighted by atomic mass is 10.3. The minimum Gasteiger partial charge on any atom is -0.361 e. The number of aryl methyl sites for hydroxylation is 3. The first-order chi connectivity index (χ1) is 8.65. The first-order valence-corrected chi connectivity index (χ1v) is 6.23. The molecule has 0 amide bonds. The molecule has 2 heterocycles. The highest BCUT2D eigenvalue weighted by atomic mass is 16.5. The third kappa shape index (κ3) is 3.43. The summed E-state index contributed by atoms with van der Waals surface area (Å²) in [7, 11) is 2.10. The molecular formula is C13H20N4O. The van der Waals surface area contributed by atoms with Crippen molar-refractivity contribution in [1.29, 1.82) is 0 Å². The van der Waals surface area contributed by atoms with Crippen LogP contribution in [0.15, 0.2) is 23.0 Å². The highest BCUT2D eigenvalue weighted by molar-refractivity contribution is 5.02. The molecule has 0 spiro atoms. The van der Waals surface area contributed by atoms with E-state index in [-0.39, 0.29) is 0 Å². The Kier molecular flexibility index (Phi) is 4.15. The summed E-state index contributed by atoms with van der Waals surface area (Å²) in [5.41, 5.74) is 0.994. The Hall–Kier alpha value is -1.62. The third-order valence-corrected chi connectivity index (χ3v) is 2.97. The number of hydrogen-bond acceptors (Lipinski definition) is 4. The van der Waals surface area contributed by atoms with Crippen LogP contribution in [0.3, 0.4) is 0 Å². The molecule has 2 rings (SSSR count). The molecule has 0 aromatic carbocycles. The van der Waals surface area contributed by atoms with Gasteiger partial charge >= 0.3 is 0 Å². The fraction of sp³-hybridized carbons (Fsp3) is 0.538. The first kappa shape index (κ1) is 12.8. The molecule has 0 unspecified atom stereocenters. The lowest BCUT2D eigenvalue weighted by Crippen LogP contribution is -2.20. The highest BCUT2D eigenvalue weighted by Crippen LogP contribution is 2.05. The third-order valence-electron chi connectivity index (χ3n) is 2.97. The van der Waals surface area contributed by atoms with Crippen LogP contribution in [0.5, 0.6) is 0 Å². The van der Waals surface area contributed by atoms with Gasteiger partial charge in [-0.25, -0.2) is 4.98 Å². The van der Waals surface area contributed by atoms with Gasteiger partial charge < -0.3 is 14.0 Å². The molecule has 0 saturated heterocycles. The fourth-order valence-corrected chi connectivity index (χ4v) is 2.00. The monoisotopic (exact) mass is 248 g/mol. The van der Waals surface area contributed by atoms with Gasteiger partial charge in [0.2, 0.25) is 0 Å². The second kappa shape index (κ2) is 5.82. The Bertz CT molecular complexity index is 489. The average Bonchev–Trinajstić information content (AvgIpc) is 2.89. The molecule has 0 saturated carbocycles. The number of nitrogens with zero attached hydrogens (tertiary/aromatic N) is 4. The molecule has 0 bridgehead atoms. The summed E-state index contributed by atoms with van der Waals surface area (Å²) in [4.78, 5) is 6.47. The van der Waals surface area contributed by atoms with Crippen molar-refractivity contribution in [2.24, 2.45) is 0 Å². The number of aromatic nitrogens is 3. The van der Waals surface area contributed by atoms with Crippen molar-refractivity contribution < 1.29 is 4.52 Å². The van der Waals surface area contributed by atoms with E-state index in [0.717, 1.165) is 43.3 Å². The van der Waals surface area contributed by atoms with E-state index < -0.39 is 0 Å². The fourth-order valence-electron chi connectivity index (χ4n) is 2.00. The van der Waals surface area contributed by atoms with Crippen molar-refractivity contribution in [2.75, 3.05) is 13.6 Å². The largest absolute Gasteiger partial charge is 0.361 e. The molecule has 0 aliphatic rings. The molecule has 2 aromatic heterocycles. The van der Waals surface area contributed by atoms with E-state index in [0.29, 0.717) is 0 Å². The molecule has 5 heteroatoms. The molecule has 0 fully saturated rings. The van der Waals surface area contributed by atoms with Crippen LogP contribution in [-0.4, -0.2) is 33.2 Å². The quantitative estimate of drug-likeness (QED) is 0.784. The molecule has 5 nitrogen and oxygen atoms in total. The van der Waals surface area contributed by atoms with Gasteiger partial charge in [0.25, 0.3) is 0 Å². The molecular weight excluding hydrogens is 228 g/mol. The van der Waals surface area contributed by atoms with Crippen LogP contribution >= 0.6 is 0 Å². The van der Waals surface area contributed by atoms with Gasteiger partial charge in [-0.1, -0.05) is 5.16 Å². The van der Waals surface area contributed by atoms with E-state index in [1.54, 1.807) is 0 Å². The van der Waals surface area contributed by atoms with Crippen LogP contribution in [0, 0.1) is 13.8 Å². The summed E-state index contributed by atoms with van der Waals surface area (Å²) in [6, 6.07) is 1.98. The van der Waals surface area contributed by atoms with Gasteiger partial charge in [0.05, 0.1) is 5.69 Å². The standard InChI is InChI=1S/C13H20N4O/c1-11-9-13(15-18-11)10-16(3)6-4-7-17-8-5-14-12(17)2/h5,8-9H,4,6-7,10H2,1-3H3. The Morgan fingerprint density at radius 1 is 1.39 bits per heavy atom. The Morgan fingerprint density at radius 2 is 2.22 bits per heavy atom. The average molecular weight is 248 g/mol. The zero-order valence-corrected chi connectivity index (χ0v) is 11.3. The minimum absolute atomic E-state index is 0.834. The van der Waals surface area contributed by atoms with Crippen molar-refractivity contribution in [3.8, 4) is 0 Å². The van der Waals surface area contributed by atoms with E-state index in [1.807, 2.05) is 32.3 Å². The van der Waals surface area contributed by atoms with Gasteiger partial charge in [-0.15, -0.1) is 0 Å². The van der Waals surface area contributed by atoms with Gasteiger partial charge in [0, 0.05) is 31.5 Å². The molecule has 0 aliphatic heterocycles. The SMILES string of the molecule is Cc1cc(CN(C)CCCn2ccnc2C)no1. The summed E-state index contributed by atoms with van der Waals surface area (Å²) in [5, 5.41) is 4.00. The highest BCUT2D eigenvalue weighted by Gasteiger charge is 2.05. The van der Waals surface area contributed by atoms with Crippen LogP contribution in [0.2, 0.25) is 0 Å². The Balaban J connectivity index is 1.72. The molecule has 98 valence electrons. The maximum Gasteiger partial charge on any atom is 0.133 e. The van der Waals surface area contributed by atoms with Gasteiger partial charge in [-0.3, -0.25) is 0 Å². The molecule has 0 N–H and O–H groups in total. The molecule has 0 radical (unpaired) electrons. The Morgan fingerprint density at radius 3 is 2.83 bits per heavy atom. The van der Waals surface area contributed by atoms with Gasteiger partial charge in [0.1, 0.15) is 11.6 Å². The summed E-state index contributed by atoms with van der Waals surface area (Å²) in [6.07, 6.45) is 4.97.